The van der Waals surface area contributed by atoms with Crippen molar-refractivity contribution in [2.45, 2.75) is 19.9 Å². The zero-order valence-corrected chi connectivity index (χ0v) is 17.0. The summed E-state index contributed by atoms with van der Waals surface area (Å²) in [5.41, 5.74) is 3.01. The molecule has 0 saturated heterocycles. The largest absolute Gasteiger partial charge is 0.372 e. The van der Waals surface area contributed by atoms with Crippen molar-refractivity contribution in [3.63, 3.8) is 0 Å². The van der Waals surface area contributed by atoms with Gasteiger partial charge in [0.1, 0.15) is 0 Å². The molecule has 0 aliphatic carbocycles. The van der Waals surface area contributed by atoms with E-state index in [2.05, 4.69) is 57.0 Å². The normalized spacial score (nSPS) is 11.0. The maximum Gasteiger partial charge on any atom is 0.251 e. The number of carbonyl (C=O) groups excluding carboxylic acids is 1. The Balaban J connectivity index is 1.73. The van der Waals surface area contributed by atoms with E-state index >= 15 is 0 Å². The molecule has 0 aliphatic heterocycles. The Hall–Kier alpha value is -3.02. The van der Waals surface area contributed by atoms with Gasteiger partial charge in [-0.25, -0.2) is 0 Å². The van der Waals surface area contributed by atoms with E-state index in [4.69, 9.17) is 0 Å². The molecule has 2 rings (SSSR count). The van der Waals surface area contributed by atoms with Crippen LogP contribution in [0.5, 0.6) is 0 Å². The first-order valence-electron chi connectivity index (χ1n) is 9.73. The number of benzene rings is 2. The van der Waals surface area contributed by atoms with Gasteiger partial charge in [0.2, 0.25) is 0 Å². The summed E-state index contributed by atoms with van der Waals surface area (Å²) < 4.78 is 0. The van der Waals surface area contributed by atoms with Crippen molar-refractivity contribution in [2.24, 2.45) is 4.99 Å². The van der Waals surface area contributed by atoms with E-state index in [0.717, 1.165) is 37.6 Å². The van der Waals surface area contributed by atoms with Crippen molar-refractivity contribution < 1.29 is 4.79 Å². The highest BCUT2D eigenvalue weighted by Gasteiger charge is 2.05. The van der Waals surface area contributed by atoms with Crippen molar-refractivity contribution >= 4 is 17.6 Å². The van der Waals surface area contributed by atoms with Gasteiger partial charge in [-0.2, -0.15) is 0 Å². The Morgan fingerprint density at radius 3 is 2.36 bits per heavy atom. The molecule has 0 saturated carbocycles. The Kier molecular flexibility index (Phi) is 8.85. The minimum absolute atomic E-state index is 0.0754. The summed E-state index contributed by atoms with van der Waals surface area (Å²) in [7, 11) is 3.40. The molecule has 1 amide bonds. The first kappa shape index (κ1) is 21.3. The third kappa shape index (κ3) is 6.61. The van der Waals surface area contributed by atoms with Crippen LogP contribution in [-0.2, 0) is 6.54 Å². The van der Waals surface area contributed by atoms with Crippen LogP contribution < -0.4 is 20.9 Å². The Labute approximate surface area is 168 Å². The molecule has 0 heterocycles. The van der Waals surface area contributed by atoms with Crippen LogP contribution in [0.15, 0.2) is 59.6 Å². The highest BCUT2D eigenvalue weighted by Crippen LogP contribution is 2.12. The zero-order chi connectivity index (χ0) is 20.2. The fourth-order valence-electron chi connectivity index (χ4n) is 2.91. The second kappa shape index (κ2) is 11.6. The SMILES string of the molecule is CCN(CCCNC(=NC)NCc1ccc(C(=O)NC)cc1)c1ccccc1. The smallest absolute Gasteiger partial charge is 0.251 e. The summed E-state index contributed by atoms with van der Waals surface area (Å²) in [4.78, 5) is 18.2. The minimum atomic E-state index is -0.0754. The molecule has 0 radical (unpaired) electrons. The van der Waals surface area contributed by atoms with E-state index in [1.807, 2.05) is 30.3 Å². The van der Waals surface area contributed by atoms with Gasteiger partial charge in [-0.1, -0.05) is 30.3 Å². The summed E-state index contributed by atoms with van der Waals surface area (Å²) >= 11 is 0. The third-order valence-corrected chi connectivity index (χ3v) is 4.53. The van der Waals surface area contributed by atoms with Crippen LogP contribution in [0.3, 0.4) is 0 Å². The predicted molar refractivity (Wildman–Crippen MR) is 117 cm³/mol. The second-order valence-corrected chi connectivity index (χ2v) is 6.40. The Morgan fingerprint density at radius 1 is 1.04 bits per heavy atom. The van der Waals surface area contributed by atoms with Gasteiger partial charge in [0.05, 0.1) is 0 Å². The quantitative estimate of drug-likeness (QED) is 0.355. The van der Waals surface area contributed by atoms with Gasteiger partial charge in [0.25, 0.3) is 5.91 Å². The molecule has 3 N–H and O–H groups in total. The summed E-state index contributed by atoms with van der Waals surface area (Å²) in [6.45, 7) is 5.65. The topological polar surface area (TPSA) is 68.8 Å². The van der Waals surface area contributed by atoms with E-state index in [0.29, 0.717) is 12.1 Å². The molecule has 28 heavy (non-hydrogen) atoms. The maximum absolute atomic E-state index is 11.6. The number of hydrogen-bond acceptors (Lipinski definition) is 3. The van der Waals surface area contributed by atoms with Crippen LogP contribution >= 0.6 is 0 Å². The van der Waals surface area contributed by atoms with Gasteiger partial charge in [0.15, 0.2) is 5.96 Å². The lowest BCUT2D eigenvalue weighted by atomic mass is 10.1. The first-order valence-corrected chi connectivity index (χ1v) is 9.73. The molecule has 0 fully saturated rings. The molecule has 0 bridgehead atoms. The molecule has 0 spiro atoms. The molecule has 0 unspecified atom stereocenters. The summed E-state index contributed by atoms with van der Waals surface area (Å²) in [6.07, 6.45) is 1.02. The van der Waals surface area contributed by atoms with Crippen LogP contribution in [0, 0.1) is 0 Å². The number of guanidine groups is 1. The van der Waals surface area contributed by atoms with Crippen LogP contribution in [-0.4, -0.2) is 45.6 Å². The highest BCUT2D eigenvalue weighted by molar-refractivity contribution is 5.93. The van der Waals surface area contributed by atoms with Gasteiger partial charge in [-0.15, -0.1) is 0 Å². The van der Waals surface area contributed by atoms with Gasteiger partial charge in [0, 0.05) is 51.5 Å². The van der Waals surface area contributed by atoms with Crippen molar-refractivity contribution in [1.82, 2.24) is 16.0 Å². The van der Waals surface area contributed by atoms with Crippen molar-refractivity contribution in [3.8, 4) is 0 Å². The van der Waals surface area contributed by atoms with Crippen LogP contribution in [0.2, 0.25) is 0 Å². The van der Waals surface area contributed by atoms with E-state index in [-0.39, 0.29) is 5.91 Å². The molecule has 150 valence electrons. The number of aliphatic imine (C=N–C) groups is 1. The fraction of sp³-hybridized carbons (Fsp3) is 0.364. The molecule has 6 heteroatoms. The fourth-order valence-corrected chi connectivity index (χ4v) is 2.91. The molecule has 6 nitrogen and oxygen atoms in total. The predicted octanol–water partition coefficient (Wildman–Crippen LogP) is 2.63. The lowest BCUT2D eigenvalue weighted by molar-refractivity contribution is 0.0963. The standard InChI is InChI=1S/C22H31N5O/c1-4-27(20-9-6-5-7-10-20)16-8-15-25-22(24-3)26-17-18-11-13-19(14-12-18)21(28)23-2/h5-7,9-14H,4,8,15-17H2,1-3H3,(H,23,28)(H2,24,25,26). The van der Waals surface area contributed by atoms with Gasteiger partial charge in [-0.05, 0) is 43.2 Å². The second-order valence-electron chi connectivity index (χ2n) is 6.40. The van der Waals surface area contributed by atoms with Crippen molar-refractivity contribution in [1.29, 1.82) is 0 Å². The number of carbonyl (C=O) groups is 1. The number of hydrogen-bond donors (Lipinski definition) is 3. The lowest BCUT2D eigenvalue weighted by Crippen LogP contribution is -2.38. The van der Waals surface area contributed by atoms with Crippen LogP contribution in [0.25, 0.3) is 0 Å². The van der Waals surface area contributed by atoms with Crippen molar-refractivity contribution in [3.05, 3.63) is 65.7 Å². The number of amides is 1. The van der Waals surface area contributed by atoms with E-state index in [1.165, 1.54) is 5.69 Å². The average molecular weight is 382 g/mol. The number of nitrogens with zero attached hydrogens (tertiary/aromatic N) is 2. The highest BCUT2D eigenvalue weighted by atomic mass is 16.1. The van der Waals surface area contributed by atoms with Crippen molar-refractivity contribution in [2.75, 3.05) is 38.6 Å². The Morgan fingerprint density at radius 2 is 1.75 bits per heavy atom. The third-order valence-electron chi connectivity index (χ3n) is 4.53. The molecular formula is C22H31N5O. The molecule has 0 atom stereocenters. The Bertz CT molecular complexity index is 743. The van der Waals surface area contributed by atoms with Gasteiger partial charge in [-0.3, -0.25) is 9.79 Å². The monoisotopic (exact) mass is 381 g/mol. The molecule has 2 aromatic rings. The zero-order valence-electron chi connectivity index (χ0n) is 17.0. The van der Waals surface area contributed by atoms with Gasteiger partial charge < -0.3 is 20.9 Å². The molecule has 0 aromatic heterocycles. The number of para-hydroxylation sites is 1. The molecule has 2 aromatic carbocycles. The average Bonchev–Trinajstić information content (AvgIpc) is 2.76. The number of nitrogens with one attached hydrogen (secondary N) is 3. The van der Waals surface area contributed by atoms with E-state index in [9.17, 15) is 4.79 Å². The summed E-state index contributed by atoms with van der Waals surface area (Å²) in [5.74, 6) is 0.701. The number of anilines is 1. The minimum Gasteiger partial charge on any atom is -0.372 e. The van der Waals surface area contributed by atoms with E-state index in [1.54, 1.807) is 14.1 Å². The maximum atomic E-state index is 11.6. The van der Waals surface area contributed by atoms with Crippen LogP contribution in [0.4, 0.5) is 5.69 Å². The lowest BCUT2D eigenvalue weighted by Gasteiger charge is -2.23. The molecular weight excluding hydrogens is 350 g/mol. The molecule has 0 aliphatic rings. The summed E-state index contributed by atoms with van der Waals surface area (Å²) in [5, 5.41) is 9.29. The van der Waals surface area contributed by atoms with Crippen LogP contribution in [0.1, 0.15) is 29.3 Å². The number of rotatable bonds is 9. The van der Waals surface area contributed by atoms with Gasteiger partial charge >= 0.3 is 0 Å². The first-order chi connectivity index (χ1) is 13.7. The van der Waals surface area contributed by atoms with E-state index < -0.39 is 0 Å². The summed E-state index contributed by atoms with van der Waals surface area (Å²) in [6, 6.07) is 18.0.